The summed E-state index contributed by atoms with van der Waals surface area (Å²) in [5.41, 5.74) is -0.284. The Balaban J connectivity index is 2.48. The Kier molecular flexibility index (Phi) is 4.44. The number of nitrogens with zero attached hydrogens (tertiary/aromatic N) is 3. The lowest BCUT2D eigenvalue weighted by atomic mass is 10.2. The minimum absolute atomic E-state index is 0.122. The molecule has 1 fully saturated rings. The highest BCUT2D eigenvalue weighted by Crippen LogP contribution is 2.33. The first-order chi connectivity index (χ1) is 10.2. The molecule has 0 aliphatic carbocycles. The Bertz CT molecular complexity index is 716. The molecule has 0 unspecified atom stereocenters. The third kappa shape index (κ3) is 3.24. The number of benzene rings is 1. The van der Waals surface area contributed by atoms with E-state index in [4.69, 9.17) is 0 Å². The first kappa shape index (κ1) is 16.3. The largest absolute Gasteiger partial charge is 0.306 e. The SMILES string of the molecule is CN(C)NS(=O)(=O)c1ccc(N2CCCC2=O)c([N+](=O)[O-])c1. The molecule has 1 aliphatic rings. The molecule has 1 amide bonds. The van der Waals surface area contributed by atoms with Crippen LogP contribution >= 0.6 is 0 Å². The van der Waals surface area contributed by atoms with Crippen LogP contribution in [0.25, 0.3) is 0 Å². The summed E-state index contributed by atoms with van der Waals surface area (Å²) in [7, 11) is -0.923. The van der Waals surface area contributed by atoms with Gasteiger partial charge in [0.05, 0.1) is 9.82 Å². The van der Waals surface area contributed by atoms with Crippen LogP contribution < -0.4 is 9.73 Å². The van der Waals surface area contributed by atoms with E-state index < -0.39 is 20.6 Å². The number of amides is 1. The van der Waals surface area contributed by atoms with Crippen LogP contribution in [0.3, 0.4) is 0 Å². The maximum atomic E-state index is 12.1. The summed E-state index contributed by atoms with van der Waals surface area (Å²) in [6.07, 6.45) is 0.956. The van der Waals surface area contributed by atoms with E-state index in [1.54, 1.807) is 0 Å². The van der Waals surface area contributed by atoms with E-state index in [0.29, 0.717) is 19.4 Å². The molecule has 0 spiro atoms. The number of nitro benzene ring substituents is 1. The third-order valence-electron chi connectivity index (χ3n) is 3.12. The van der Waals surface area contributed by atoms with Gasteiger partial charge in [-0.15, -0.1) is 4.83 Å². The number of hydrogen-bond donors (Lipinski definition) is 1. The van der Waals surface area contributed by atoms with Crippen molar-refractivity contribution in [2.24, 2.45) is 0 Å². The van der Waals surface area contributed by atoms with Crippen LogP contribution in [0.5, 0.6) is 0 Å². The van der Waals surface area contributed by atoms with Crippen molar-refractivity contribution in [3.05, 3.63) is 28.3 Å². The molecule has 1 N–H and O–H groups in total. The lowest BCUT2D eigenvalue weighted by Gasteiger charge is -2.17. The molecule has 9 nitrogen and oxygen atoms in total. The van der Waals surface area contributed by atoms with Crippen LogP contribution in [-0.2, 0) is 14.8 Å². The number of anilines is 1. The molecule has 22 heavy (non-hydrogen) atoms. The van der Waals surface area contributed by atoms with Crippen LogP contribution in [0.15, 0.2) is 23.1 Å². The summed E-state index contributed by atoms with van der Waals surface area (Å²) in [5.74, 6) is -0.204. The fourth-order valence-electron chi connectivity index (χ4n) is 2.24. The normalized spacial score (nSPS) is 15.6. The number of carbonyl (C=O) groups excluding carboxylic acids is 1. The predicted octanol–water partition coefficient (Wildman–Crippen LogP) is 0.476. The molecule has 10 heteroatoms. The number of hydrogen-bond acceptors (Lipinski definition) is 6. The zero-order valence-corrected chi connectivity index (χ0v) is 13.0. The monoisotopic (exact) mass is 328 g/mol. The van der Waals surface area contributed by atoms with Gasteiger partial charge in [0.15, 0.2) is 0 Å². The molecule has 0 radical (unpaired) electrons. The fraction of sp³-hybridized carbons (Fsp3) is 0.417. The number of rotatable bonds is 5. The third-order valence-corrected chi connectivity index (χ3v) is 4.60. The number of hydrazine groups is 1. The maximum Gasteiger partial charge on any atom is 0.294 e. The molecule has 1 aromatic rings. The van der Waals surface area contributed by atoms with Gasteiger partial charge in [0.1, 0.15) is 5.69 Å². The molecule has 2 rings (SSSR count). The smallest absolute Gasteiger partial charge is 0.294 e. The van der Waals surface area contributed by atoms with E-state index in [9.17, 15) is 23.3 Å². The highest BCUT2D eigenvalue weighted by atomic mass is 32.2. The maximum absolute atomic E-state index is 12.1. The van der Waals surface area contributed by atoms with Gasteiger partial charge in [-0.25, -0.2) is 13.4 Å². The van der Waals surface area contributed by atoms with Gasteiger partial charge >= 0.3 is 0 Å². The molecule has 0 aromatic heterocycles. The van der Waals surface area contributed by atoms with Gasteiger partial charge in [0.25, 0.3) is 15.7 Å². The van der Waals surface area contributed by atoms with Gasteiger partial charge in [-0.05, 0) is 18.6 Å². The molecule has 1 saturated heterocycles. The van der Waals surface area contributed by atoms with Crippen LogP contribution in [-0.4, -0.2) is 44.9 Å². The van der Waals surface area contributed by atoms with Gasteiger partial charge in [-0.2, -0.15) is 0 Å². The Labute approximate surface area is 127 Å². The number of nitrogens with one attached hydrogen (secondary N) is 1. The summed E-state index contributed by atoms with van der Waals surface area (Å²) in [6.45, 7) is 0.391. The van der Waals surface area contributed by atoms with Crippen molar-refractivity contribution in [3.63, 3.8) is 0 Å². The van der Waals surface area contributed by atoms with Gasteiger partial charge in [0.2, 0.25) is 5.91 Å². The molecule has 0 saturated carbocycles. The van der Waals surface area contributed by atoms with E-state index in [-0.39, 0.29) is 16.5 Å². The molecule has 1 aliphatic heterocycles. The number of nitro groups is 1. The Morgan fingerprint density at radius 2 is 2.05 bits per heavy atom. The zero-order chi connectivity index (χ0) is 16.5. The van der Waals surface area contributed by atoms with E-state index in [0.717, 1.165) is 6.07 Å². The van der Waals surface area contributed by atoms with Gasteiger partial charge in [0, 0.05) is 33.1 Å². The zero-order valence-electron chi connectivity index (χ0n) is 12.1. The van der Waals surface area contributed by atoms with Crippen molar-refractivity contribution in [2.75, 3.05) is 25.5 Å². The van der Waals surface area contributed by atoms with Crippen LogP contribution in [0, 0.1) is 10.1 Å². The van der Waals surface area contributed by atoms with Crippen LogP contribution in [0.4, 0.5) is 11.4 Å². The second-order valence-electron chi connectivity index (χ2n) is 5.05. The number of carbonyl (C=O) groups is 1. The first-order valence-corrected chi connectivity index (χ1v) is 7.99. The predicted molar refractivity (Wildman–Crippen MR) is 78.7 cm³/mol. The summed E-state index contributed by atoms with van der Waals surface area (Å²) >= 11 is 0. The van der Waals surface area contributed by atoms with Gasteiger partial charge in [-0.1, -0.05) is 0 Å². The topological polar surface area (TPSA) is 113 Å². The summed E-state index contributed by atoms with van der Waals surface area (Å²) in [6, 6.07) is 3.51. The van der Waals surface area contributed by atoms with E-state index in [1.165, 1.54) is 36.1 Å². The fourth-order valence-corrected chi connectivity index (χ4v) is 3.34. The van der Waals surface area contributed by atoms with E-state index in [2.05, 4.69) is 4.83 Å². The Morgan fingerprint density at radius 1 is 1.36 bits per heavy atom. The van der Waals surface area contributed by atoms with E-state index >= 15 is 0 Å². The molecular formula is C12H16N4O5S. The summed E-state index contributed by atoms with van der Waals surface area (Å²) in [5, 5.41) is 12.4. The Morgan fingerprint density at radius 3 is 2.55 bits per heavy atom. The minimum Gasteiger partial charge on any atom is -0.306 e. The first-order valence-electron chi connectivity index (χ1n) is 6.51. The highest BCUT2D eigenvalue weighted by molar-refractivity contribution is 7.89. The second-order valence-corrected chi connectivity index (χ2v) is 6.71. The standard InChI is InChI=1S/C12H16N4O5S/c1-14(2)13-22(20,21)9-5-6-10(11(8-9)16(18)19)15-7-3-4-12(15)17/h5-6,8,13H,3-4,7H2,1-2H3. The summed E-state index contributed by atoms with van der Waals surface area (Å²) in [4.78, 5) is 25.6. The molecule has 1 aromatic carbocycles. The van der Waals surface area contributed by atoms with Crippen molar-refractivity contribution < 1.29 is 18.1 Å². The summed E-state index contributed by atoms with van der Waals surface area (Å²) < 4.78 is 24.1. The number of sulfonamides is 1. The van der Waals surface area contributed by atoms with Crippen molar-refractivity contribution >= 4 is 27.3 Å². The molecule has 0 bridgehead atoms. The average molecular weight is 328 g/mol. The molecule has 120 valence electrons. The van der Waals surface area contributed by atoms with Gasteiger partial charge in [-0.3, -0.25) is 14.9 Å². The van der Waals surface area contributed by atoms with Crippen LogP contribution in [0.2, 0.25) is 0 Å². The van der Waals surface area contributed by atoms with Crippen LogP contribution in [0.1, 0.15) is 12.8 Å². The quantitative estimate of drug-likeness (QED) is 0.621. The molecular weight excluding hydrogens is 312 g/mol. The van der Waals surface area contributed by atoms with Gasteiger partial charge < -0.3 is 4.90 Å². The van der Waals surface area contributed by atoms with E-state index in [1.807, 2.05) is 0 Å². The van der Waals surface area contributed by atoms with Crippen molar-refractivity contribution in [1.29, 1.82) is 0 Å². The Hall–Kier alpha value is -2.04. The molecule has 1 heterocycles. The highest BCUT2D eigenvalue weighted by Gasteiger charge is 2.30. The second kappa shape index (κ2) is 5.99. The average Bonchev–Trinajstić information content (AvgIpc) is 2.82. The molecule has 0 atom stereocenters. The van der Waals surface area contributed by atoms with Crippen molar-refractivity contribution in [3.8, 4) is 0 Å². The lowest BCUT2D eigenvalue weighted by molar-refractivity contribution is -0.384. The minimum atomic E-state index is -3.90. The lowest BCUT2D eigenvalue weighted by Crippen LogP contribution is -2.36. The van der Waals surface area contributed by atoms with Crippen molar-refractivity contribution in [2.45, 2.75) is 17.7 Å². The van der Waals surface area contributed by atoms with Crippen molar-refractivity contribution in [1.82, 2.24) is 9.84 Å².